The lowest BCUT2D eigenvalue weighted by molar-refractivity contribution is -0.140. The van der Waals surface area contributed by atoms with Crippen LogP contribution in [-0.4, -0.2) is 50.0 Å². The number of likely N-dealkylation sites (tertiary alicyclic amines) is 1. The fourth-order valence-corrected chi connectivity index (χ4v) is 10.3. The first-order chi connectivity index (χ1) is 22.9. The summed E-state index contributed by atoms with van der Waals surface area (Å²) in [5.74, 6) is -3.19. The molecular weight excluding hydrogens is 648 g/mol. The average Bonchev–Trinajstić information content (AvgIpc) is 3.73. The Kier molecular flexibility index (Phi) is 7.02. The second-order valence-corrected chi connectivity index (χ2v) is 15.3. The van der Waals surface area contributed by atoms with Gasteiger partial charge in [-0.25, -0.2) is 4.90 Å². The molecule has 4 aliphatic rings. The Balaban J connectivity index is 1.24. The molecule has 6 atom stereocenters. The van der Waals surface area contributed by atoms with Crippen molar-refractivity contribution < 1.29 is 24.3 Å². The van der Waals surface area contributed by atoms with Gasteiger partial charge >= 0.3 is 0 Å². The third-order valence-electron chi connectivity index (χ3n) is 11.3. The Morgan fingerprint density at radius 1 is 1.02 bits per heavy atom. The minimum atomic E-state index is -1.17. The van der Waals surface area contributed by atoms with Gasteiger partial charge in [-0.1, -0.05) is 42.3 Å². The van der Waals surface area contributed by atoms with Crippen molar-refractivity contribution in [2.24, 2.45) is 36.1 Å². The summed E-state index contributed by atoms with van der Waals surface area (Å²) in [5.41, 5.74) is 2.21. The number of aromatic hydroxyl groups is 1. The Hall–Kier alpha value is -4.28. The van der Waals surface area contributed by atoms with E-state index < -0.39 is 29.1 Å². The van der Waals surface area contributed by atoms with Crippen molar-refractivity contribution in [1.82, 2.24) is 14.7 Å². The number of hydrogen-bond donors (Lipinski definition) is 1. The Bertz CT molecular complexity index is 2100. The van der Waals surface area contributed by atoms with E-state index in [0.29, 0.717) is 42.3 Å². The lowest BCUT2D eigenvalue weighted by atomic mass is 9.51. The standard InChI is InChI=1S/C37H35ClN4O5S/c1-5-14-41-33(44)23-12-11-22-25(30(23)35(41)46)16-26-34(45)42(36(47)37(26,3)31(22)19-6-9-21(43)10-7-19)29-17-27(39-40(29)4)32-18(2)24-15-20(38)8-13-28(24)48-32/h6-11,13,15,17,23,25-26,30-31,43H,5,12,14,16H2,1-4H3. The van der Waals surface area contributed by atoms with Crippen molar-refractivity contribution >= 4 is 62.5 Å². The van der Waals surface area contributed by atoms with Crippen LogP contribution in [0.2, 0.25) is 5.02 Å². The molecule has 2 aromatic heterocycles. The minimum Gasteiger partial charge on any atom is -0.508 e. The van der Waals surface area contributed by atoms with E-state index in [4.69, 9.17) is 16.7 Å². The molecule has 4 amide bonds. The number of carbonyl (C=O) groups excluding carboxylic acids is 4. The lowest BCUT2D eigenvalue weighted by Crippen LogP contribution is -2.48. The number of benzene rings is 2. The zero-order chi connectivity index (χ0) is 33.8. The number of carbonyl (C=O) groups is 4. The van der Waals surface area contributed by atoms with E-state index in [9.17, 15) is 24.3 Å². The number of aryl methyl sites for hydroxylation is 2. The number of nitrogens with zero attached hydrogens (tertiary/aromatic N) is 4. The number of anilines is 1. The number of aromatic nitrogens is 2. The van der Waals surface area contributed by atoms with Gasteiger partial charge in [-0.15, -0.1) is 11.3 Å². The molecule has 1 N–H and O–H groups in total. The molecule has 2 aliphatic heterocycles. The van der Waals surface area contributed by atoms with Gasteiger partial charge in [0.1, 0.15) is 17.3 Å². The van der Waals surface area contributed by atoms with Gasteiger partial charge in [0.15, 0.2) is 0 Å². The molecule has 2 aliphatic carbocycles. The highest BCUT2D eigenvalue weighted by molar-refractivity contribution is 7.22. The zero-order valence-corrected chi connectivity index (χ0v) is 28.6. The highest BCUT2D eigenvalue weighted by Crippen LogP contribution is 2.63. The molecule has 246 valence electrons. The van der Waals surface area contributed by atoms with E-state index in [-0.39, 0.29) is 35.3 Å². The maximum atomic E-state index is 14.9. The van der Waals surface area contributed by atoms with Crippen molar-refractivity contribution in [3.8, 4) is 16.3 Å². The van der Waals surface area contributed by atoms with Crippen LogP contribution in [0.25, 0.3) is 20.7 Å². The number of phenols is 1. The number of thiophene rings is 1. The zero-order valence-electron chi connectivity index (χ0n) is 27.1. The fraction of sp³-hybridized carbons (Fsp3) is 0.378. The van der Waals surface area contributed by atoms with Crippen LogP contribution in [0.3, 0.4) is 0 Å². The third kappa shape index (κ3) is 4.18. The number of fused-ring (bicyclic) bond motifs is 5. The van der Waals surface area contributed by atoms with Crippen molar-refractivity contribution in [3.63, 3.8) is 0 Å². The molecule has 1 saturated carbocycles. The third-order valence-corrected chi connectivity index (χ3v) is 12.8. The lowest BCUT2D eigenvalue weighted by Gasteiger charge is -2.49. The molecule has 3 fully saturated rings. The van der Waals surface area contributed by atoms with Gasteiger partial charge in [0.2, 0.25) is 23.6 Å². The number of hydrogen-bond acceptors (Lipinski definition) is 7. The molecular formula is C37H35ClN4O5S. The van der Waals surface area contributed by atoms with Crippen LogP contribution in [0.15, 0.2) is 60.2 Å². The van der Waals surface area contributed by atoms with E-state index in [0.717, 1.165) is 31.7 Å². The van der Waals surface area contributed by atoms with Crippen LogP contribution in [0.5, 0.6) is 5.75 Å². The van der Waals surface area contributed by atoms with Gasteiger partial charge in [0, 0.05) is 35.3 Å². The van der Waals surface area contributed by atoms with Gasteiger partial charge in [-0.3, -0.25) is 28.8 Å². The molecule has 0 spiro atoms. The van der Waals surface area contributed by atoms with Crippen LogP contribution < -0.4 is 4.90 Å². The minimum absolute atomic E-state index is 0.0916. The molecule has 4 aromatic rings. The van der Waals surface area contributed by atoms with Gasteiger partial charge in [-0.2, -0.15) is 5.10 Å². The highest BCUT2D eigenvalue weighted by Gasteiger charge is 2.67. The van der Waals surface area contributed by atoms with Crippen molar-refractivity contribution in [1.29, 1.82) is 0 Å². The van der Waals surface area contributed by atoms with E-state index in [1.165, 1.54) is 9.80 Å². The number of halogens is 1. The molecule has 8 rings (SSSR count). The first kappa shape index (κ1) is 31.0. The summed E-state index contributed by atoms with van der Waals surface area (Å²) in [4.78, 5) is 60.4. The van der Waals surface area contributed by atoms with Crippen LogP contribution >= 0.6 is 22.9 Å². The first-order valence-electron chi connectivity index (χ1n) is 16.4. The summed E-state index contributed by atoms with van der Waals surface area (Å²) in [5, 5.41) is 16.6. The first-order valence-corrected chi connectivity index (χ1v) is 17.6. The molecule has 2 saturated heterocycles. The van der Waals surface area contributed by atoms with Crippen molar-refractivity contribution in [3.05, 3.63) is 76.3 Å². The maximum Gasteiger partial charge on any atom is 0.242 e. The second kappa shape index (κ2) is 10.9. The molecule has 48 heavy (non-hydrogen) atoms. The van der Waals surface area contributed by atoms with E-state index in [1.54, 1.807) is 53.4 Å². The normalized spacial score (nSPS) is 28.3. The molecule has 9 nitrogen and oxygen atoms in total. The number of imide groups is 2. The van der Waals surface area contributed by atoms with Gasteiger partial charge < -0.3 is 5.11 Å². The Labute approximate surface area is 286 Å². The highest BCUT2D eigenvalue weighted by atomic mass is 35.5. The monoisotopic (exact) mass is 682 g/mol. The molecule has 11 heteroatoms. The van der Waals surface area contributed by atoms with Gasteiger partial charge in [0.05, 0.1) is 28.0 Å². The summed E-state index contributed by atoms with van der Waals surface area (Å²) in [6.45, 7) is 6.19. The SMILES string of the molecule is CCCN1C(=O)C2CC=C3C(CC4C(=O)N(c5cc(-c6sc7ccc(Cl)cc7c6C)nn5C)C(=O)C4(C)C3c3ccc(O)cc3)C2C1=O. The second-order valence-electron chi connectivity index (χ2n) is 13.8. The van der Waals surface area contributed by atoms with Crippen LogP contribution in [0.4, 0.5) is 5.82 Å². The fourth-order valence-electron chi connectivity index (χ4n) is 9.01. The topological polar surface area (TPSA) is 113 Å². The summed E-state index contributed by atoms with van der Waals surface area (Å²) in [6.07, 6.45) is 3.42. The maximum absolute atomic E-state index is 14.9. The van der Waals surface area contributed by atoms with Crippen molar-refractivity contribution in [2.45, 2.75) is 46.0 Å². The molecule has 0 bridgehead atoms. The van der Waals surface area contributed by atoms with Crippen molar-refractivity contribution in [2.75, 3.05) is 11.4 Å². The molecule has 4 heterocycles. The van der Waals surface area contributed by atoms with E-state index in [2.05, 4.69) is 0 Å². The van der Waals surface area contributed by atoms with Crippen LogP contribution in [-0.2, 0) is 26.2 Å². The number of phenolic OH excluding ortho intramolecular Hbond substituents is 1. The van der Waals surface area contributed by atoms with Gasteiger partial charge in [-0.05, 0) is 85.9 Å². The van der Waals surface area contributed by atoms with Gasteiger partial charge in [0.25, 0.3) is 0 Å². The molecule has 6 unspecified atom stereocenters. The largest absolute Gasteiger partial charge is 0.508 e. The number of rotatable bonds is 5. The molecule has 0 radical (unpaired) electrons. The smallest absolute Gasteiger partial charge is 0.242 e. The summed E-state index contributed by atoms with van der Waals surface area (Å²) in [6, 6.07) is 14.3. The summed E-state index contributed by atoms with van der Waals surface area (Å²) in [7, 11) is 1.73. The number of allylic oxidation sites excluding steroid dienone is 2. The Morgan fingerprint density at radius 3 is 2.50 bits per heavy atom. The summed E-state index contributed by atoms with van der Waals surface area (Å²) >= 11 is 7.87. The predicted octanol–water partition coefficient (Wildman–Crippen LogP) is 6.61. The molecule has 2 aromatic carbocycles. The number of amides is 4. The van der Waals surface area contributed by atoms with E-state index in [1.807, 2.05) is 45.0 Å². The Morgan fingerprint density at radius 2 is 1.77 bits per heavy atom. The van der Waals surface area contributed by atoms with Crippen LogP contribution in [0, 0.1) is 36.0 Å². The van der Waals surface area contributed by atoms with E-state index >= 15 is 0 Å². The quantitative estimate of drug-likeness (QED) is 0.187. The predicted molar refractivity (Wildman–Crippen MR) is 184 cm³/mol. The average molecular weight is 683 g/mol. The summed E-state index contributed by atoms with van der Waals surface area (Å²) < 4.78 is 2.65. The van der Waals surface area contributed by atoms with Crippen LogP contribution in [0.1, 0.15) is 50.2 Å².